The zero-order valence-corrected chi connectivity index (χ0v) is 11.6. The van der Waals surface area contributed by atoms with Gasteiger partial charge in [0.05, 0.1) is 6.04 Å². The van der Waals surface area contributed by atoms with Gasteiger partial charge in [0, 0.05) is 19.5 Å². The molecule has 2 saturated heterocycles. The Morgan fingerprint density at radius 1 is 1.37 bits per heavy atom. The van der Waals surface area contributed by atoms with E-state index in [9.17, 15) is 14.4 Å². The van der Waals surface area contributed by atoms with Crippen molar-refractivity contribution < 1.29 is 19.1 Å². The maximum atomic E-state index is 12.1. The number of imide groups is 1. The summed E-state index contributed by atoms with van der Waals surface area (Å²) in [6, 6.07) is -0.230. The molecule has 19 heavy (non-hydrogen) atoms. The molecule has 0 N–H and O–H groups in total. The summed E-state index contributed by atoms with van der Waals surface area (Å²) in [5, 5.41) is 0. The fourth-order valence-electron chi connectivity index (χ4n) is 2.46. The van der Waals surface area contributed by atoms with Gasteiger partial charge in [-0.2, -0.15) is 0 Å². The summed E-state index contributed by atoms with van der Waals surface area (Å²) in [6.45, 7) is 6.89. The van der Waals surface area contributed by atoms with Gasteiger partial charge in [0.15, 0.2) is 6.61 Å². The first-order valence-electron chi connectivity index (χ1n) is 6.54. The summed E-state index contributed by atoms with van der Waals surface area (Å²) in [4.78, 5) is 38.0. The number of rotatable bonds is 2. The molecule has 2 rings (SSSR count). The molecule has 0 aliphatic carbocycles. The number of amides is 3. The molecule has 0 aromatic rings. The third-order valence-corrected chi connectivity index (χ3v) is 3.35. The Morgan fingerprint density at radius 2 is 2.05 bits per heavy atom. The second-order valence-electron chi connectivity index (χ2n) is 6.34. The van der Waals surface area contributed by atoms with Crippen molar-refractivity contribution >= 4 is 17.9 Å². The average molecular weight is 268 g/mol. The van der Waals surface area contributed by atoms with Gasteiger partial charge in [-0.05, 0) is 11.8 Å². The first-order chi connectivity index (χ1) is 8.78. The van der Waals surface area contributed by atoms with Gasteiger partial charge in [0.1, 0.15) is 0 Å². The highest BCUT2D eigenvalue weighted by Gasteiger charge is 2.41. The summed E-state index contributed by atoms with van der Waals surface area (Å²) in [6.07, 6.45) is 0.523. The van der Waals surface area contributed by atoms with E-state index >= 15 is 0 Å². The molecule has 2 fully saturated rings. The lowest BCUT2D eigenvalue weighted by Crippen LogP contribution is -2.42. The lowest BCUT2D eigenvalue weighted by Gasteiger charge is -2.24. The van der Waals surface area contributed by atoms with E-state index in [2.05, 4.69) is 0 Å². The van der Waals surface area contributed by atoms with Crippen LogP contribution in [0.4, 0.5) is 4.79 Å². The van der Waals surface area contributed by atoms with E-state index in [0.717, 1.165) is 4.90 Å². The van der Waals surface area contributed by atoms with E-state index in [0.29, 0.717) is 25.9 Å². The fourth-order valence-corrected chi connectivity index (χ4v) is 2.46. The summed E-state index contributed by atoms with van der Waals surface area (Å²) in [7, 11) is 0. The number of hydrogen-bond donors (Lipinski definition) is 0. The number of carbonyl (C=O) groups excluding carboxylic acids is 3. The Balaban J connectivity index is 1.95. The van der Waals surface area contributed by atoms with E-state index in [1.165, 1.54) is 0 Å². The largest absolute Gasteiger partial charge is 0.439 e. The molecular weight excluding hydrogens is 248 g/mol. The highest BCUT2D eigenvalue weighted by molar-refractivity contribution is 5.98. The first kappa shape index (κ1) is 13.8. The van der Waals surface area contributed by atoms with Gasteiger partial charge < -0.3 is 9.64 Å². The number of ether oxygens (including phenoxy) is 1. The van der Waals surface area contributed by atoms with Crippen LogP contribution in [0.2, 0.25) is 0 Å². The van der Waals surface area contributed by atoms with Crippen molar-refractivity contribution in [3.05, 3.63) is 0 Å². The summed E-state index contributed by atoms with van der Waals surface area (Å²) in [5.41, 5.74) is -0.0580. The van der Waals surface area contributed by atoms with Gasteiger partial charge >= 0.3 is 6.09 Å². The zero-order valence-electron chi connectivity index (χ0n) is 11.6. The Hall–Kier alpha value is -1.59. The quantitative estimate of drug-likeness (QED) is 0.749. The number of carbonyl (C=O) groups is 3. The van der Waals surface area contributed by atoms with Crippen LogP contribution in [0, 0.1) is 5.41 Å². The van der Waals surface area contributed by atoms with Gasteiger partial charge in [-0.1, -0.05) is 20.8 Å². The van der Waals surface area contributed by atoms with Crippen LogP contribution in [0.3, 0.4) is 0 Å². The average Bonchev–Trinajstić information content (AvgIpc) is 2.83. The minimum Gasteiger partial charge on any atom is -0.439 e. The number of nitrogens with zero attached hydrogens (tertiary/aromatic N) is 2. The highest BCUT2D eigenvalue weighted by atomic mass is 16.6. The normalized spacial score (nSPS) is 24.1. The van der Waals surface area contributed by atoms with E-state index in [1.54, 1.807) is 4.90 Å². The fraction of sp³-hybridized carbons (Fsp3) is 0.769. The molecular formula is C13H20N2O4. The standard InChI is InChI=1S/C13H20N2O4/c1-13(2,3)6-10(16)14-5-4-9(7-14)15-11(17)8-19-12(15)18/h9H,4-8H2,1-3H3/t9-/m1/s1. The third kappa shape index (κ3) is 3.05. The minimum atomic E-state index is -0.583. The van der Waals surface area contributed by atoms with Crippen molar-refractivity contribution in [1.82, 2.24) is 9.80 Å². The Morgan fingerprint density at radius 3 is 2.58 bits per heavy atom. The maximum absolute atomic E-state index is 12.1. The first-order valence-corrected chi connectivity index (χ1v) is 6.54. The number of hydrogen-bond acceptors (Lipinski definition) is 4. The SMILES string of the molecule is CC(C)(C)CC(=O)N1CC[C@@H](N2C(=O)COC2=O)C1. The van der Waals surface area contributed by atoms with Crippen molar-refractivity contribution in [3.8, 4) is 0 Å². The lowest BCUT2D eigenvalue weighted by atomic mass is 9.92. The molecule has 2 aliphatic heterocycles. The van der Waals surface area contributed by atoms with Crippen LogP contribution >= 0.6 is 0 Å². The van der Waals surface area contributed by atoms with Gasteiger partial charge in [0.25, 0.3) is 5.91 Å². The summed E-state index contributed by atoms with van der Waals surface area (Å²) in [5.74, 6) is -0.227. The summed E-state index contributed by atoms with van der Waals surface area (Å²) >= 11 is 0. The molecule has 2 heterocycles. The molecule has 0 aromatic heterocycles. The molecule has 1 atom stereocenters. The third-order valence-electron chi connectivity index (χ3n) is 3.35. The highest BCUT2D eigenvalue weighted by Crippen LogP contribution is 2.24. The van der Waals surface area contributed by atoms with E-state index in [1.807, 2.05) is 20.8 Å². The van der Waals surface area contributed by atoms with Crippen molar-refractivity contribution in [2.24, 2.45) is 5.41 Å². The molecule has 2 aliphatic rings. The van der Waals surface area contributed by atoms with Crippen molar-refractivity contribution in [1.29, 1.82) is 0 Å². The monoisotopic (exact) mass is 268 g/mol. The molecule has 0 bridgehead atoms. The van der Waals surface area contributed by atoms with Crippen LogP contribution < -0.4 is 0 Å². The molecule has 3 amide bonds. The second-order valence-corrected chi connectivity index (χ2v) is 6.34. The molecule has 6 nitrogen and oxygen atoms in total. The molecule has 0 saturated carbocycles. The lowest BCUT2D eigenvalue weighted by molar-refractivity contribution is -0.133. The van der Waals surface area contributed by atoms with Crippen LogP contribution in [0.5, 0.6) is 0 Å². The Labute approximate surface area is 112 Å². The van der Waals surface area contributed by atoms with E-state index in [-0.39, 0.29) is 29.9 Å². The molecule has 106 valence electrons. The Kier molecular flexibility index (Phi) is 3.52. The van der Waals surface area contributed by atoms with E-state index < -0.39 is 6.09 Å². The summed E-state index contributed by atoms with van der Waals surface area (Å²) < 4.78 is 4.70. The minimum absolute atomic E-state index is 0.0580. The molecule has 0 radical (unpaired) electrons. The Bertz CT molecular complexity index is 397. The predicted molar refractivity (Wildman–Crippen MR) is 67.3 cm³/mol. The van der Waals surface area contributed by atoms with Crippen molar-refractivity contribution in [2.45, 2.75) is 39.7 Å². The molecule has 6 heteroatoms. The van der Waals surface area contributed by atoms with Crippen molar-refractivity contribution in [2.75, 3.05) is 19.7 Å². The van der Waals surface area contributed by atoms with Crippen molar-refractivity contribution in [3.63, 3.8) is 0 Å². The van der Waals surface area contributed by atoms with Crippen LogP contribution in [0.1, 0.15) is 33.6 Å². The van der Waals surface area contributed by atoms with Crippen LogP contribution in [-0.2, 0) is 14.3 Å². The van der Waals surface area contributed by atoms with Gasteiger partial charge in [-0.15, -0.1) is 0 Å². The van der Waals surface area contributed by atoms with Gasteiger partial charge in [-0.25, -0.2) is 9.69 Å². The smallest absolute Gasteiger partial charge is 0.417 e. The van der Waals surface area contributed by atoms with Crippen LogP contribution in [0.15, 0.2) is 0 Å². The number of likely N-dealkylation sites (tertiary alicyclic amines) is 1. The van der Waals surface area contributed by atoms with E-state index in [4.69, 9.17) is 4.74 Å². The second kappa shape index (κ2) is 4.83. The zero-order chi connectivity index (χ0) is 14.2. The molecule has 0 unspecified atom stereocenters. The van der Waals surface area contributed by atoms with Gasteiger partial charge in [-0.3, -0.25) is 9.59 Å². The molecule has 0 spiro atoms. The molecule has 0 aromatic carbocycles. The van der Waals surface area contributed by atoms with Crippen LogP contribution in [0.25, 0.3) is 0 Å². The van der Waals surface area contributed by atoms with Crippen LogP contribution in [-0.4, -0.2) is 53.4 Å². The number of cyclic esters (lactones) is 1. The topological polar surface area (TPSA) is 66.9 Å². The maximum Gasteiger partial charge on any atom is 0.417 e. The van der Waals surface area contributed by atoms with Gasteiger partial charge in [0.2, 0.25) is 5.91 Å². The predicted octanol–water partition coefficient (Wildman–Crippen LogP) is 1.00.